The molecule has 1 aliphatic heterocycles. The maximum atomic E-state index is 13.3. The number of benzene rings is 4. The minimum absolute atomic E-state index is 0.139. The highest BCUT2D eigenvalue weighted by Crippen LogP contribution is 2.38. The summed E-state index contributed by atoms with van der Waals surface area (Å²) in [5, 5.41) is 16.1. The van der Waals surface area contributed by atoms with E-state index in [1.807, 2.05) is 36.4 Å². The highest BCUT2D eigenvalue weighted by atomic mass is 32.1. The standard InChI is InChI=1S/C30H22N4OS/c35-30(32-23-11-9-18(10-12-23)26-15-19-5-1-3-7-25(19)33-26)21-13-22-17-31-34-29(22)24(14-21)28-16-20-6-2-4-8-27(20)36-28/h1-14,16-17,26,33H,15H2,(H,31,34)(H,32,35). The van der Waals surface area contributed by atoms with E-state index in [2.05, 4.69) is 75.4 Å². The number of thiophene rings is 1. The molecule has 0 radical (unpaired) electrons. The van der Waals surface area contributed by atoms with Crippen LogP contribution in [-0.4, -0.2) is 16.1 Å². The van der Waals surface area contributed by atoms with Gasteiger partial charge < -0.3 is 10.6 Å². The van der Waals surface area contributed by atoms with Crippen molar-refractivity contribution in [1.29, 1.82) is 0 Å². The molecule has 3 N–H and O–H groups in total. The number of carbonyl (C=O) groups is 1. The summed E-state index contributed by atoms with van der Waals surface area (Å²) in [6, 6.07) is 31.1. The number of aromatic nitrogens is 2. The zero-order valence-electron chi connectivity index (χ0n) is 19.3. The highest BCUT2D eigenvalue weighted by Gasteiger charge is 2.21. The fraction of sp³-hybridized carbons (Fsp3) is 0.0667. The van der Waals surface area contributed by atoms with Gasteiger partial charge in [0.05, 0.1) is 17.8 Å². The lowest BCUT2D eigenvalue weighted by molar-refractivity contribution is 0.102. The van der Waals surface area contributed by atoms with Gasteiger partial charge in [-0.3, -0.25) is 9.89 Å². The summed E-state index contributed by atoms with van der Waals surface area (Å²) in [4.78, 5) is 14.4. The van der Waals surface area contributed by atoms with Crippen LogP contribution in [0.2, 0.25) is 0 Å². The molecule has 3 heterocycles. The molecule has 1 atom stereocenters. The Morgan fingerprint density at radius 2 is 1.75 bits per heavy atom. The largest absolute Gasteiger partial charge is 0.378 e. The third-order valence-corrected chi connectivity index (χ3v) is 7.99. The lowest BCUT2D eigenvalue weighted by atomic mass is 10.0. The van der Waals surface area contributed by atoms with Gasteiger partial charge in [0, 0.05) is 37.5 Å². The summed E-state index contributed by atoms with van der Waals surface area (Å²) >= 11 is 1.72. The number of fused-ring (bicyclic) bond motifs is 3. The number of rotatable bonds is 4. The number of carbonyl (C=O) groups excluding carboxylic acids is 1. The normalized spacial score (nSPS) is 14.6. The molecule has 5 nitrogen and oxygen atoms in total. The van der Waals surface area contributed by atoms with E-state index < -0.39 is 0 Å². The second-order valence-corrected chi connectivity index (χ2v) is 10.2. The fourth-order valence-corrected chi connectivity index (χ4v) is 6.08. The maximum Gasteiger partial charge on any atom is 0.255 e. The Bertz CT molecular complexity index is 1690. The number of nitrogens with one attached hydrogen (secondary N) is 3. The molecular formula is C30H22N4OS. The average molecular weight is 487 g/mol. The van der Waals surface area contributed by atoms with Gasteiger partial charge in [-0.05, 0) is 65.4 Å². The van der Waals surface area contributed by atoms with Gasteiger partial charge in [-0.25, -0.2) is 0 Å². The molecular weight excluding hydrogens is 464 g/mol. The van der Waals surface area contributed by atoms with E-state index in [1.165, 1.54) is 26.9 Å². The predicted molar refractivity (Wildman–Crippen MR) is 148 cm³/mol. The summed E-state index contributed by atoms with van der Waals surface area (Å²) in [5.41, 5.74) is 7.04. The molecule has 6 heteroatoms. The van der Waals surface area contributed by atoms with Crippen molar-refractivity contribution in [3.05, 3.63) is 114 Å². The van der Waals surface area contributed by atoms with Gasteiger partial charge in [0.2, 0.25) is 0 Å². The quantitative estimate of drug-likeness (QED) is 0.243. The molecule has 2 aromatic heterocycles. The van der Waals surface area contributed by atoms with Crippen molar-refractivity contribution in [2.24, 2.45) is 0 Å². The zero-order valence-corrected chi connectivity index (χ0v) is 20.1. The molecule has 4 aromatic carbocycles. The van der Waals surface area contributed by atoms with Crippen LogP contribution >= 0.6 is 11.3 Å². The van der Waals surface area contributed by atoms with Crippen molar-refractivity contribution in [1.82, 2.24) is 10.2 Å². The minimum Gasteiger partial charge on any atom is -0.378 e. The summed E-state index contributed by atoms with van der Waals surface area (Å²) in [6.07, 6.45) is 2.73. The maximum absolute atomic E-state index is 13.3. The Morgan fingerprint density at radius 3 is 2.61 bits per heavy atom. The van der Waals surface area contributed by atoms with E-state index >= 15 is 0 Å². The minimum atomic E-state index is -0.139. The van der Waals surface area contributed by atoms with Crippen molar-refractivity contribution < 1.29 is 4.79 Å². The van der Waals surface area contributed by atoms with E-state index in [0.717, 1.165) is 33.5 Å². The Balaban J connectivity index is 1.15. The fourth-order valence-electron chi connectivity index (χ4n) is 5.00. The molecule has 0 aliphatic carbocycles. The van der Waals surface area contributed by atoms with Crippen LogP contribution in [0.1, 0.15) is 27.5 Å². The van der Waals surface area contributed by atoms with Gasteiger partial charge in [-0.1, -0.05) is 48.5 Å². The summed E-state index contributed by atoms with van der Waals surface area (Å²) in [7, 11) is 0. The molecule has 36 heavy (non-hydrogen) atoms. The van der Waals surface area contributed by atoms with Crippen LogP contribution in [0.4, 0.5) is 11.4 Å². The van der Waals surface area contributed by atoms with Crippen LogP contribution in [0.15, 0.2) is 97.2 Å². The van der Waals surface area contributed by atoms with Crippen molar-refractivity contribution >= 4 is 49.6 Å². The number of anilines is 2. The Morgan fingerprint density at radius 1 is 0.917 bits per heavy atom. The molecule has 7 rings (SSSR count). The first-order valence-electron chi connectivity index (χ1n) is 11.9. The van der Waals surface area contributed by atoms with Crippen molar-refractivity contribution in [3.8, 4) is 10.4 Å². The first-order chi connectivity index (χ1) is 17.7. The van der Waals surface area contributed by atoms with Gasteiger partial charge in [0.15, 0.2) is 0 Å². The van der Waals surface area contributed by atoms with Crippen LogP contribution in [0.25, 0.3) is 31.4 Å². The Labute approximate surface area is 211 Å². The zero-order chi connectivity index (χ0) is 24.1. The van der Waals surface area contributed by atoms with E-state index in [9.17, 15) is 4.79 Å². The smallest absolute Gasteiger partial charge is 0.255 e. The third-order valence-electron chi connectivity index (χ3n) is 6.84. The molecule has 6 aromatic rings. The lowest BCUT2D eigenvalue weighted by Crippen LogP contribution is -2.12. The molecule has 1 amide bonds. The second kappa shape index (κ2) is 8.36. The average Bonchev–Trinajstić information content (AvgIpc) is 3.66. The summed E-state index contributed by atoms with van der Waals surface area (Å²) < 4.78 is 1.22. The van der Waals surface area contributed by atoms with Crippen LogP contribution in [-0.2, 0) is 6.42 Å². The summed E-state index contributed by atoms with van der Waals surface area (Å²) in [5.74, 6) is -0.139. The van der Waals surface area contributed by atoms with Crippen molar-refractivity contribution in [2.75, 3.05) is 10.6 Å². The van der Waals surface area contributed by atoms with Crippen molar-refractivity contribution in [3.63, 3.8) is 0 Å². The van der Waals surface area contributed by atoms with Gasteiger partial charge in [0.25, 0.3) is 5.91 Å². The second-order valence-electron chi connectivity index (χ2n) is 9.14. The first-order valence-corrected chi connectivity index (χ1v) is 12.7. The summed E-state index contributed by atoms with van der Waals surface area (Å²) in [6.45, 7) is 0. The molecule has 0 saturated heterocycles. The number of amides is 1. The molecule has 1 unspecified atom stereocenters. The lowest BCUT2D eigenvalue weighted by Gasteiger charge is -2.13. The third kappa shape index (κ3) is 3.63. The number of H-pyrrole nitrogens is 1. The predicted octanol–water partition coefficient (Wildman–Crippen LogP) is 7.41. The first kappa shape index (κ1) is 20.9. The van der Waals surface area contributed by atoms with Gasteiger partial charge >= 0.3 is 0 Å². The topological polar surface area (TPSA) is 69.8 Å². The van der Waals surface area contributed by atoms with Crippen LogP contribution in [0, 0.1) is 0 Å². The monoisotopic (exact) mass is 486 g/mol. The Kier molecular flexibility index (Phi) is 4.85. The van der Waals surface area contributed by atoms with E-state index in [4.69, 9.17) is 0 Å². The van der Waals surface area contributed by atoms with Crippen LogP contribution in [0.5, 0.6) is 0 Å². The highest BCUT2D eigenvalue weighted by molar-refractivity contribution is 7.22. The number of para-hydroxylation sites is 1. The number of aromatic amines is 1. The SMILES string of the molecule is O=C(Nc1ccc(C2Cc3ccccc3N2)cc1)c1cc(-c2cc3ccccc3s2)c2[nH]ncc2c1. The molecule has 1 aliphatic rings. The Hall–Kier alpha value is -4.42. The molecule has 0 spiro atoms. The molecule has 0 bridgehead atoms. The van der Waals surface area contributed by atoms with Crippen LogP contribution < -0.4 is 10.6 Å². The van der Waals surface area contributed by atoms with Gasteiger partial charge in [-0.15, -0.1) is 11.3 Å². The van der Waals surface area contributed by atoms with Crippen LogP contribution in [0.3, 0.4) is 0 Å². The number of hydrogen-bond acceptors (Lipinski definition) is 4. The van der Waals surface area contributed by atoms with E-state index in [0.29, 0.717) is 5.56 Å². The number of nitrogens with zero attached hydrogens (tertiary/aromatic N) is 1. The van der Waals surface area contributed by atoms with E-state index in [-0.39, 0.29) is 11.9 Å². The van der Waals surface area contributed by atoms with Gasteiger partial charge in [-0.2, -0.15) is 5.10 Å². The molecule has 174 valence electrons. The molecule has 0 fully saturated rings. The number of hydrogen-bond donors (Lipinski definition) is 3. The van der Waals surface area contributed by atoms with Gasteiger partial charge in [0.1, 0.15) is 0 Å². The van der Waals surface area contributed by atoms with Crippen molar-refractivity contribution in [2.45, 2.75) is 12.5 Å². The van der Waals surface area contributed by atoms with E-state index in [1.54, 1.807) is 17.5 Å². The molecule has 0 saturated carbocycles.